The Hall–Kier alpha value is -2.63. The smallest absolute Gasteiger partial charge is 0.243 e. The second kappa shape index (κ2) is 10.7. The van der Waals surface area contributed by atoms with Crippen molar-refractivity contribution >= 4 is 31.6 Å². The third kappa shape index (κ3) is 6.49. The van der Waals surface area contributed by atoms with E-state index in [-0.39, 0.29) is 24.6 Å². The first kappa shape index (κ1) is 26.0. The van der Waals surface area contributed by atoms with Crippen LogP contribution in [-0.2, 0) is 24.8 Å². The highest BCUT2D eigenvalue weighted by Crippen LogP contribution is 2.24. The fourth-order valence-electron chi connectivity index (χ4n) is 3.70. The number of hydrogen-bond acceptors (Lipinski definition) is 6. The van der Waals surface area contributed by atoms with Crippen LogP contribution in [0.2, 0.25) is 0 Å². The molecule has 1 amide bonds. The lowest BCUT2D eigenvalue weighted by molar-refractivity contribution is -0.119. The van der Waals surface area contributed by atoms with E-state index in [9.17, 15) is 21.6 Å². The van der Waals surface area contributed by atoms with Gasteiger partial charge >= 0.3 is 0 Å². The van der Waals surface area contributed by atoms with E-state index >= 15 is 0 Å². The van der Waals surface area contributed by atoms with E-state index in [1.54, 1.807) is 25.1 Å². The summed E-state index contributed by atoms with van der Waals surface area (Å²) < 4.78 is 57.9. The maximum absolute atomic E-state index is 12.6. The van der Waals surface area contributed by atoms with Crippen LogP contribution in [0, 0.1) is 13.8 Å². The fourth-order valence-corrected chi connectivity index (χ4v) is 6.12. The molecule has 186 valence electrons. The van der Waals surface area contributed by atoms with Crippen molar-refractivity contribution in [1.29, 1.82) is 0 Å². The van der Waals surface area contributed by atoms with Crippen LogP contribution < -0.4 is 14.4 Å². The van der Waals surface area contributed by atoms with Gasteiger partial charge in [-0.1, -0.05) is 12.1 Å². The number of nitrogens with one attached hydrogen (secondary N) is 1. The lowest BCUT2D eigenvalue weighted by Crippen LogP contribution is -2.41. The summed E-state index contributed by atoms with van der Waals surface area (Å²) in [4.78, 5) is 12.6. The molecule has 0 radical (unpaired) electrons. The zero-order valence-electron chi connectivity index (χ0n) is 19.7. The molecule has 0 unspecified atom stereocenters. The van der Waals surface area contributed by atoms with Gasteiger partial charge in [-0.25, -0.2) is 16.8 Å². The minimum absolute atomic E-state index is 0.145. The van der Waals surface area contributed by atoms with Gasteiger partial charge in [0.1, 0.15) is 18.9 Å². The highest BCUT2D eigenvalue weighted by atomic mass is 32.2. The van der Waals surface area contributed by atoms with Crippen molar-refractivity contribution in [2.45, 2.75) is 31.6 Å². The lowest BCUT2D eigenvalue weighted by Gasteiger charge is -2.24. The molecule has 1 heterocycles. The van der Waals surface area contributed by atoms with Crippen LogP contribution in [0.4, 0.5) is 5.69 Å². The molecule has 1 fully saturated rings. The SMILES string of the molecule is Cc1ccc(C)c(N(CC(=O)NCCOc2ccc(S(=O)(=O)N3CCCC3)cc2)S(C)(=O)=O)c1. The molecule has 0 bridgehead atoms. The summed E-state index contributed by atoms with van der Waals surface area (Å²) >= 11 is 0. The summed E-state index contributed by atoms with van der Waals surface area (Å²) in [6, 6.07) is 11.6. The minimum Gasteiger partial charge on any atom is -0.492 e. The number of sulfonamides is 2. The van der Waals surface area contributed by atoms with Gasteiger partial charge in [0, 0.05) is 13.1 Å². The van der Waals surface area contributed by atoms with Gasteiger partial charge < -0.3 is 10.1 Å². The van der Waals surface area contributed by atoms with Gasteiger partial charge in [0.2, 0.25) is 26.0 Å². The van der Waals surface area contributed by atoms with Crippen molar-refractivity contribution < 1.29 is 26.4 Å². The normalized spacial score (nSPS) is 14.7. The van der Waals surface area contributed by atoms with Gasteiger partial charge in [0.05, 0.1) is 23.4 Å². The predicted octanol–water partition coefficient (Wildman–Crippen LogP) is 2.05. The van der Waals surface area contributed by atoms with Crippen molar-refractivity contribution in [2.75, 3.05) is 43.3 Å². The number of carbonyl (C=O) groups is 1. The fraction of sp³-hybridized carbons (Fsp3) is 0.435. The van der Waals surface area contributed by atoms with E-state index in [2.05, 4.69) is 5.32 Å². The van der Waals surface area contributed by atoms with E-state index in [1.165, 1.54) is 16.4 Å². The summed E-state index contributed by atoms with van der Waals surface area (Å²) in [5.74, 6) is 0.0183. The van der Waals surface area contributed by atoms with Crippen molar-refractivity contribution in [3.63, 3.8) is 0 Å². The first-order chi connectivity index (χ1) is 16.0. The van der Waals surface area contributed by atoms with Crippen molar-refractivity contribution in [2.24, 2.45) is 0 Å². The van der Waals surface area contributed by atoms with Crippen LogP contribution in [0.3, 0.4) is 0 Å². The van der Waals surface area contributed by atoms with Crippen molar-refractivity contribution in [3.8, 4) is 5.75 Å². The summed E-state index contributed by atoms with van der Waals surface area (Å²) in [6.07, 6.45) is 2.82. The molecule has 2 aromatic rings. The molecule has 11 heteroatoms. The Balaban J connectivity index is 1.52. The number of aryl methyl sites for hydroxylation is 2. The third-order valence-corrected chi connectivity index (χ3v) is 8.58. The van der Waals surface area contributed by atoms with Gasteiger partial charge in [-0.2, -0.15) is 4.31 Å². The molecule has 0 aromatic heterocycles. The average molecular weight is 510 g/mol. The maximum atomic E-state index is 12.6. The third-order valence-electron chi connectivity index (χ3n) is 5.54. The summed E-state index contributed by atoms with van der Waals surface area (Å²) in [5.41, 5.74) is 2.11. The average Bonchev–Trinajstić information content (AvgIpc) is 3.32. The molecular formula is C23H31N3O6S2. The lowest BCUT2D eigenvalue weighted by atomic mass is 10.1. The first-order valence-electron chi connectivity index (χ1n) is 11.0. The number of anilines is 1. The molecule has 3 rings (SSSR count). The molecule has 1 aliphatic heterocycles. The molecular weight excluding hydrogens is 478 g/mol. The summed E-state index contributed by atoms with van der Waals surface area (Å²) in [6.45, 7) is 4.70. The second-order valence-electron chi connectivity index (χ2n) is 8.34. The largest absolute Gasteiger partial charge is 0.492 e. The Bertz CT molecular complexity index is 1220. The number of benzene rings is 2. The highest BCUT2D eigenvalue weighted by molar-refractivity contribution is 7.92. The van der Waals surface area contributed by atoms with Crippen LogP contribution >= 0.6 is 0 Å². The van der Waals surface area contributed by atoms with Crippen LogP contribution in [0.1, 0.15) is 24.0 Å². The zero-order chi connectivity index (χ0) is 24.9. The Kier molecular flexibility index (Phi) is 8.21. The number of ether oxygens (including phenoxy) is 1. The Labute approximate surface area is 201 Å². The summed E-state index contributed by atoms with van der Waals surface area (Å²) in [7, 11) is -7.14. The number of nitrogens with zero attached hydrogens (tertiary/aromatic N) is 2. The first-order valence-corrected chi connectivity index (χ1v) is 14.3. The van der Waals surface area contributed by atoms with E-state index in [0.717, 1.165) is 34.5 Å². The molecule has 9 nitrogen and oxygen atoms in total. The Morgan fingerprint density at radius 1 is 1.03 bits per heavy atom. The van der Waals surface area contributed by atoms with Crippen molar-refractivity contribution in [3.05, 3.63) is 53.6 Å². The van der Waals surface area contributed by atoms with Crippen LogP contribution in [0.15, 0.2) is 47.4 Å². The highest BCUT2D eigenvalue weighted by Gasteiger charge is 2.27. The Morgan fingerprint density at radius 3 is 2.29 bits per heavy atom. The molecule has 0 saturated carbocycles. The minimum atomic E-state index is -3.66. The van der Waals surface area contributed by atoms with E-state index in [1.807, 2.05) is 19.1 Å². The maximum Gasteiger partial charge on any atom is 0.243 e. The number of rotatable bonds is 10. The van der Waals surface area contributed by atoms with E-state index in [4.69, 9.17) is 4.74 Å². The molecule has 34 heavy (non-hydrogen) atoms. The standard InChI is InChI=1S/C23H31N3O6S2/c1-18-6-7-19(2)22(16-18)26(33(3,28)29)17-23(27)24-12-15-32-20-8-10-21(11-9-20)34(30,31)25-13-4-5-14-25/h6-11,16H,4-5,12-15,17H2,1-3H3,(H,24,27). The van der Waals surface area contributed by atoms with E-state index in [0.29, 0.717) is 24.5 Å². The monoisotopic (exact) mass is 509 g/mol. The van der Waals surface area contributed by atoms with Crippen LogP contribution in [-0.4, -0.2) is 66.1 Å². The van der Waals surface area contributed by atoms with Gasteiger partial charge in [-0.05, 0) is 68.1 Å². The van der Waals surface area contributed by atoms with Gasteiger partial charge in [0.15, 0.2) is 0 Å². The molecule has 0 aliphatic carbocycles. The number of carbonyl (C=O) groups excluding carboxylic acids is 1. The molecule has 1 aliphatic rings. The zero-order valence-corrected chi connectivity index (χ0v) is 21.3. The van der Waals surface area contributed by atoms with Crippen LogP contribution in [0.25, 0.3) is 0 Å². The van der Waals surface area contributed by atoms with Crippen LogP contribution in [0.5, 0.6) is 5.75 Å². The molecule has 0 spiro atoms. The van der Waals surface area contributed by atoms with E-state index < -0.39 is 26.0 Å². The van der Waals surface area contributed by atoms with Gasteiger partial charge in [-0.3, -0.25) is 9.10 Å². The summed E-state index contributed by atoms with van der Waals surface area (Å²) in [5, 5.41) is 2.66. The second-order valence-corrected chi connectivity index (χ2v) is 12.2. The van der Waals surface area contributed by atoms with Crippen molar-refractivity contribution in [1.82, 2.24) is 9.62 Å². The quantitative estimate of drug-likeness (QED) is 0.491. The molecule has 0 atom stereocenters. The topological polar surface area (TPSA) is 113 Å². The number of amides is 1. The molecule has 1 saturated heterocycles. The van der Waals surface area contributed by atoms with Gasteiger partial charge in [-0.15, -0.1) is 0 Å². The Morgan fingerprint density at radius 2 is 1.68 bits per heavy atom. The predicted molar refractivity (Wildman–Crippen MR) is 131 cm³/mol. The van der Waals surface area contributed by atoms with Gasteiger partial charge in [0.25, 0.3) is 0 Å². The molecule has 1 N–H and O–H groups in total. The molecule has 2 aromatic carbocycles. The number of hydrogen-bond donors (Lipinski definition) is 1.